The van der Waals surface area contributed by atoms with E-state index in [0.29, 0.717) is 11.7 Å². The van der Waals surface area contributed by atoms with Crippen LogP contribution in [-0.4, -0.2) is 15.0 Å². The van der Waals surface area contributed by atoms with E-state index in [9.17, 15) is 0 Å². The average molecular weight is 224 g/mol. The molecule has 0 amide bonds. The van der Waals surface area contributed by atoms with E-state index in [0.717, 1.165) is 10.0 Å². The lowest BCUT2D eigenvalue weighted by Gasteiger charge is -1.98. The molecule has 0 aliphatic carbocycles. The number of hydrogen-bond donors (Lipinski definition) is 1. The smallest absolute Gasteiger partial charge is 0.194 e. The van der Waals surface area contributed by atoms with Crippen LogP contribution in [0, 0.1) is 0 Å². The van der Waals surface area contributed by atoms with Crippen LogP contribution >= 0.6 is 23.1 Å². The summed E-state index contributed by atoms with van der Waals surface area (Å²) in [6.07, 6.45) is 3.48. The second-order valence-electron chi connectivity index (χ2n) is 2.43. The summed E-state index contributed by atoms with van der Waals surface area (Å²) in [5.74, 6) is 0. The van der Waals surface area contributed by atoms with Crippen molar-refractivity contribution >= 4 is 23.1 Å². The van der Waals surface area contributed by atoms with E-state index in [1.165, 1.54) is 11.8 Å². The standard InChI is InChI=1S/C8H8N4S2/c9-5-6-1-2-10-7(12-6)14-8-11-3-4-13-8/h1-4H,5,9H2. The van der Waals surface area contributed by atoms with Gasteiger partial charge in [0.1, 0.15) is 0 Å². The average Bonchev–Trinajstić information content (AvgIpc) is 2.71. The van der Waals surface area contributed by atoms with Gasteiger partial charge < -0.3 is 5.73 Å². The first-order chi connectivity index (χ1) is 6.88. The molecule has 0 bridgehead atoms. The number of nitrogens with zero attached hydrogens (tertiary/aromatic N) is 3. The molecular weight excluding hydrogens is 216 g/mol. The second kappa shape index (κ2) is 4.50. The van der Waals surface area contributed by atoms with Crippen molar-refractivity contribution < 1.29 is 0 Å². The fourth-order valence-corrected chi connectivity index (χ4v) is 2.37. The lowest BCUT2D eigenvalue weighted by atomic mass is 10.4. The minimum Gasteiger partial charge on any atom is -0.325 e. The maximum Gasteiger partial charge on any atom is 0.194 e. The van der Waals surface area contributed by atoms with Gasteiger partial charge in [0.25, 0.3) is 0 Å². The Kier molecular flexibility index (Phi) is 3.07. The summed E-state index contributed by atoms with van der Waals surface area (Å²) in [6.45, 7) is 0.438. The first-order valence-electron chi connectivity index (χ1n) is 3.98. The third-order valence-electron chi connectivity index (χ3n) is 1.49. The molecular formula is C8H8N4S2. The normalized spacial score (nSPS) is 10.4. The van der Waals surface area contributed by atoms with Crippen LogP contribution in [0.15, 0.2) is 33.3 Å². The molecule has 0 atom stereocenters. The quantitative estimate of drug-likeness (QED) is 0.801. The molecule has 0 radical (unpaired) electrons. The van der Waals surface area contributed by atoms with Crippen molar-refractivity contribution in [3.8, 4) is 0 Å². The fraction of sp³-hybridized carbons (Fsp3) is 0.125. The molecule has 0 saturated carbocycles. The van der Waals surface area contributed by atoms with Crippen molar-refractivity contribution in [2.75, 3.05) is 0 Å². The summed E-state index contributed by atoms with van der Waals surface area (Å²) in [7, 11) is 0. The molecule has 14 heavy (non-hydrogen) atoms. The third-order valence-corrected chi connectivity index (χ3v) is 3.25. The number of thiazole rings is 1. The van der Waals surface area contributed by atoms with Gasteiger partial charge >= 0.3 is 0 Å². The largest absolute Gasteiger partial charge is 0.325 e. The van der Waals surface area contributed by atoms with Crippen molar-refractivity contribution in [1.82, 2.24) is 15.0 Å². The van der Waals surface area contributed by atoms with Gasteiger partial charge in [0, 0.05) is 24.3 Å². The Labute approximate surface area is 89.6 Å². The zero-order valence-corrected chi connectivity index (χ0v) is 8.88. The highest BCUT2D eigenvalue weighted by atomic mass is 32.2. The van der Waals surface area contributed by atoms with Gasteiger partial charge in [-0.05, 0) is 17.8 Å². The van der Waals surface area contributed by atoms with Gasteiger partial charge in [-0.3, -0.25) is 0 Å². The van der Waals surface area contributed by atoms with Crippen LogP contribution in [0.2, 0.25) is 0 Å². The fourth-order valence-electron chi connectivity index (χ4n) is 0.878. The Bertz CT molecular complexity index is 401. The summed E-state index contributed by atoms with van der Waals surface area (Å²) in [5.41, 5.74) is 6.33. The minimum absolute atomic E-state index is 0.438. The zero-order valence-electron chi connectivity index (χ0n) is 7.25. The van der Waals surface area contributed by atoms with Crippen molar-refractivity contribution in [3.05, 3.63) is 29.5 Å². The number of aromatic nitrogens is 3. The van der Waals surface area contributed by atoms with E-state index in [-0.39, 0.29) is 0 Å². The van der Waals surface area contributed by atoms with Crippen molar-refractivity contribution in [1.29, 1.82) is 0 Å². The monoisotopic (exact) mass is 224 g/mol. The molecule has 0 saturated heterocycles. The molecule has 6 heteroatoms. The summed E-state index contributed by atoms with van der Waals surface area (Å²) >= 11 is 3.03. The number of rotatable bonds is 3. The maximum atomic E-state index is 5.48. The summed E-state index contributed by atoms with van der Waals surface area (Å²) < 4.78 is 0.944. The molecule has 0 aliphatic heterocycles. The van der Waals surface area contributed by atoms with Crippen LogP contribution in [-0.2, 0) is 6.54 Å². The molecule has 2 rings (SSSR count). The lowest BCUT2D eigenvalue weighted by molar-refractivity contribution is 0.874. The highest BCUT2D eigenvalue weighted by molar-refractivity contribution is 8.00. The van der Waals surface area contributed by atoms with Gasteiger partial charge in [-0.25, -0.2) is 15.0 Å². The van der Waals surface area contributed by atoms with Crippen LogP contribution in [0.1, 0.15) is 5.69 Å². The molecule has 2 heterocycles. The zero-order chi connectivity index (χ0) is 9.80. The third kappa shape index (κ3) is 2.28. The minimum atomic E-state index is 0.438. The van der Waals surface area contributed by atoms with Gasteiger partial charge in [0.05, 0.1) is 5.69 Å². The van der Waals surface area contributed by atoms with Crippen LogP contribution in [0.25, 0.3) is 0 Å². The van der Waals surface area contributed by atoms with Crippen LogP contribution in [0.4, 0.5) is 0 Å². The molecule has 2 aromatic heterocycles. The van der Waals surface area contributed by atoms with Crippen LogP contribution < -0.4 is 5.73 Å². The molecule has 0 aliphatic rings. The number of nitrogens with two attached hydrogens (primary N) is 1. The Balaban J connectivity index is 2.17. The van der Waals surface area contributed by atoms with E-state index in [2.05, 4.69) is 15.0 Å². The Morgan fingerprint density at radius 3 is 3.00 bits per heavy atom. The van der Waals surface area contributed by atoms with Crippen molar-refractivity contribution in [2.45, 2.75) is 16.0 Å². The summed E-state index contributed by atoms with van der Waals surface area (Å²) in [5, 5.41) is 2.62. The molecule has 2 N–H and O–H groups in total. The van der Waals surface area contributed by atoms with Gasteiger partial charge in [0.15, 0.2) is 9.50 Å². The van der Waals surface area contributed by atoms with E-state index < -0.39 is 0 Å². The van der Waals surface area contributed by atoms with Crippen molar-refractivity contribution in [3.63, 3.8) is 0 Å². The van der Waals surface area contributed by atoms with Crippen LogP contribution in [0.5, 0.6) is 0 Å². The topological polar surface area (TPSA) is 64.7 Å². The number of hydrogen-bond acceptors (Lipinski definition) is 6. The lowest BCUT2D eigenvalue weighted by Crippen LogP contribution is -2.00. The first kappa shape index (κ1) is 9.57. The molecule has 0 unspecified atom stereocenters. The van der Waals surface area contributed by atoms with Gasteiger partial charge in [0.2, 0.25) is 0 Å². The Hall–Kier alpha value is -0.980. The maximum absolute atomic E-state index is 5.48. The van der Waals surface area contributed by atoms with Gasteiger partial charge in [-0.15, -0.1) is 11.3 Å². The molecule has 72 valence electrons. The molecule has 4 nitrogen and oxygen atoms in total. The van der Waals surface area contributed by atoms with E-state index in [1.807, 2.05) is 11.4 Å². The predicted molar refractivity (Wildman–Crippen MR) is 56.2 cm³/mol. The van der Waals surface area contributed by atoms with Gasteiger partial charge in [-0.2, -0.15) is 0 Å². The molecule has 0 aromatic carbocycles. The molecule has 0 fully saturated rings. The van der Waals surface area contributed by atoms with E-state index in [4.69, 9.17) is 5.73 Å². The van der Waals surface area contributed by atoms with Crippen molar-refractivity contribution in [2.24, 2.45) is 5.73 Å². The molecule has 0 spiro atoms. The SMILES string of the molecule is NCc1ccnc(Sc2nccs2)n1. The molecule has 2 aromatic rings. The predicted octanol–water partition coefficient (Wildman–Crippen LogP) is 1.54. The van der Waals surface area contributed by atoms with E-state index >= 15 is 0 Å². The summed E-state index contributed by atoms with van der Waals surface area (Å²) in [4.78, 5) is 12.5. The second-order valence-corrected chi connectivity index (χ2v) is 4.54. The highest BCUT2D eigenvalue weighted by Crippen LogP contribution is 2.25. The Morgan fingerprint density at radius 1 is 1.36 bits per heavy atom. The van der Waals surface area contributed by atoms with Crippen LogP contribution in [0.3, 0.4) is 0 Å². The first-order valence-corrected chi connectivity index (χ1v) is 5.67. The summed E-state index contributed by atoms with van der Waals surface area (Å²) in [6, 6.07) is 1.81. The Morgan fingerprint density at radius 2 is 2.29 bits per heavy atom. The van der Waals surface area contributed by atoms with Gasteiger partial charge in [-0.1, -0.05) is 0 Å². The highest BCUT2D eigenvalue weighted by Gasteiger charge is 2.02. The van der Waals surface area contributed by atoms with E-state index in [1.54, 1.807) is 23.7 Å².